The number of nitrogens with one attached hydrogen (secondary N) is 2. The smallest absolute Gasteiger partial charge is 0.220 e. The van der Waals surface area contributed by atoms with Gasteiger partial charge in [-0.3, -0.25) is 4.79 Å². The van der Waals surface area contributed by atoms with Gasteiger partial charge < -0.3 is 20.3 Å². The van der Waals surface area contributed by atoms with E-state index in [0.717, 1.165) is 43.8 Å². The highest BCUT2D eigenvalue weighted by molar-refractivity contribution is 6.30. The van der Waals surface area contributed by atoms with Gasteiger partial charge in [0.15, 0.2) is 0 Å². The van der Waals surface area contributed by atoms with Crippen LogP contribution in [0.4, 0.5) is 5.69 Å². The predicted molar refractivity (Wildman–Crippen MR) is 104 cm³/mol. The number of hydrogen-bond acceptors (Lipinski definition) is 4. The van der Waals surface area contributed by atoms with Crippen LogP contribution in [0.2, 0.25) is 5.02 Å². The van der Waals surface area contributed by atoms with Crippen molar-refractivity contribution < 1.29 is 9.53 Å². The number of hydrogen-bond donors (Lipinski definition) is 2. The summed E-state index contributed by atoms with van der Waals surface area (Å²) in [6.07, 6.45) is 6.50. The van der Waals surface area contributed by atoms with Crippen LogP contribution in [0.1, 0.15) is 38.5 Å². The zero-order chi connectivity index (χ0) is 18.1. The first-order chi connectivity index (χ1) is 12.6. The van der Waals surface area contributed by atoms with Crippen molar-refractivity contribution >= 4 is 23.2 Å². The summed E-state index contributed by atoms with van der Waals surface area (Å²) in [5, 5.41) is 7.60. The maximum atomic E-state index is 12.5. The van der Waals surface area contributed by atoms with Crippen LogP contribution in [0.3, 0.4) is 0 Å². The van der Waals surface area contributed by atoms with Crippen LogP contribution in [-0.2, 0) is 4.79 Å². The number of carbonyl (C=O) groups is 1. The van der Waals surface area contributed by atoms with E-state index >= 15 is 0 Å². The number of ether oxygens (including phenoxy) is 1. The molecule has 0 aromatic heterocycles. The van der Waals surface area contributed by atoms with Gasteiger partial charge in [-0.15, -0.1) is 0 Å². The molecule has 4 rings (SSSR count). The first-order valence-electron chi connectivity index (χ1n) is 9.74. The van der Waals surface area contributed by atoms with Crippen LogP contribution >= 0.6 is 11.6 Å². The summed E-state index contributed by atoms with van der Waals surface area (Å²) in [5.74, 6) is 1.58. The molecule has 1 aromatic carbocycles. The topological polar surface area (TPSA) is 53.6 Å². The van der Waals surface area contributed by atoms with E-state index in [0.29, 0.717) is 29.4 Å². The summed E-state index contributed by atoms with van der Waals surface area (Å²) < 4.78 is 5.46. The van der Waals surface area contributed by atoms with E-state index in [9.17, 15) is 4.79 Å². The molecule has 6 heteroatoms. The van der Waals surface area contributed by atoms with E-state index in [4.69, 9.17) is 16.3 Å². The van der Waals surface area contributed by atoms with E-state index in [1.54, 1.807) is 7.11 Å². The molecule has 3 aliphatic rings. The molecule has 0 spiro atoms. The fraction of sp³-hybridized carbons (Fsp3) is 0.650. The summed E-state index contributed by atoms with van der Waals surface area (Å²) in [6.45, 7) is 1.71. The first-order valence-corrected chi connectivity index (χ1v) is 10.1. The van der Waals surface area contributed by atoms with Gasteiger partial charge in [0.1, 0.15) is 5.75 Å². The molecule has 0 aliphatic carbocycles. The largest absolute Gasteiger partial charge is 0.495 e. The summed E-state index contributed by atoms with van der Waals surface area (Å²) in [6, 6.07) is 7.16. The Morgan fingerprint density at radius 1 is 1.31 bits per heavy atom. The normalized spacial score (nSPS) is 30.5. The van der Waals surface area contributed by atoms with Gasteiger partial charge in [0.2, 0.25) is 5.91 Å². The number of carbonyl (C=O) groups excluding carboxylic acids is 1. The molecule has 0 saturated carbocycles. The van der Waals surface area contributed by atoms with E-state index < -0.39 is 0 Å². The van der Waals surface area contributed by atoms with E-state index in [-0.39, 0.29) is 11.9 Å². The van der Waals surface area contributed by atoms with Crippen LogP contribution in [0.5, 0.6) is 5.75 Å². The lowest BCUT2D eigenvalue weighted by molar-refractivity contribution is -0.122. The van der Waals surface area contributed by atoms with Crippen molar-refractivity contribution in [1.29, 1.82) is 0 Å². The van der Waals surface area contributed by atoms with Crippen LogP contribution < -0.4 is 20.3 Å². The van der Waals surface area contributed by atoms with Gasteiger partial charge in [-0.05, 0) is 56.2 Å². The minimum absolute atomic E-state index is 0.199. The average molecular weight is 378 g/mol. The third-order valence-corrected chi connectivity index (χ3v) is 6.31. The molecule has 3 heterocycles. The number of fused-ring (bicyclic) bond motifs is 2. The Kier molecular flexibility index (Phi) is 5.28. The summed E-state index contributed by atoms with van der Waals surface area (Å²) in [4.78, 5) is 14.8. The molecule has 1 amide bonds. The van der Waals surface area contributed by atoms with Crippen molar-refractivity contribution in [2.75, 3.05) is 25.1 Å². The number of methoxy groups -OCH3 is 1. The van der Waals surface area contributed by atoms with Gasteiger partial charge in [0, 0.05) is 42.7 Å². The summed E-state index contributed by atoms with van der Waals surface area (Å²) in [7, 11) is 1.67. The molecular weight excluding hydrogens is 350 g/mol. The number of benzene rings is 1. The molecule has 3 unspecified atom stereocenters. The average Bonchev–Trinajstić information content (AvgIpc) is 3.21. The molecule has 2 bridgehead atoms. The number of halogens is 1. The number of anilines is 1. The van der Waals surface area contributed by atoms with Crippen LogP contribution in [-0.4, -0.2) is 44.2 Å². The Bertz CT molecular complexity index is 656. The highest BCUT2D eigenvalue weighted by atomic mass is 35.5. The van der Waals surface area contributed by atoms with Crippen molar-refractivity contribution in [1.82, 2.24) is 10.6 Å². The monoisotopic (exact) mass is 377 g/mol. The molecule has 3 aliphatic heterocycles. The Hall–Kier alpha value is -1.46. The SMILES string of the molecule is COc1ccc(Cl)cc1N1CCC(NC(=O)CC2CC3CCC(C2)N3)C1. The van der Waals surface area contributed by atoms with Crippen LogP contribution in [0.25, 0.3) is 0 Å². The van der Waals surface area contributed by atoms with Crippen molar-refractivity contribution in [3.63, 3.8) is 0 Å². The number of piperidine rings is 1. The highest BCUT2D eigenvalue weighted by Crippen LogP contribution is 2.34. The lowest BCUT2D eigenvalue weighted by Crippen LogP contribution is -2.42. The Morgan fingerprint density at radius 3 is 2.81 bits per heavy atom. The number of rotatable bonds is 5. The minimum atomic E-state index is 0.199. The van der Waals surface area contributed by atoms with Gasteiger partial charge in [-0.2, -0.15) is 0 Å². The van der Waals surface area contributed by atoms with Gasteiger partial charge >= 0.3 is 0 Å². The van der Waals surface area contributed by atoms with Gasteiger partial charge in [-0.25, -0.2) is 0 Å². The third-order valence-electron chi connectivity index (χ3n) is 6.08. The molecular formula is C20H28ClN3O2. The molecule has 3 fully saturated rings. The standard InChI is InChI=1S/C20H28ClN3O2/c1-26-19-5-2-14(21)11-18(19)24-7-6-17(12-24)23-20(25)10-13-8-15-3-4-16(9-13)22-15/h2,5,11,13,15-17,22H,3-4,6-10,12H2,1H3,(H,23,25). The highest BCUT2D eigenvalue weighted by Gasteiger charge is 2.34. The third kappa shape index (κ3) is 3.94. The lowest BCUT2D eigenvalue weighted by Gasteiger charge is -2.29. The molecule has 26 heavy (non-hydrogen) atoms. The maximum Gasteiger partial charge on any atom is 0.220 e. The zero-order valence-corrected chi connectivity index (χ0v) is 16.1. The van der Waals surface area contributed by atoms with Crippen molar-refractivity contribution in [3.05, 3.63) is 23.2 Å². The lowest BCUT2D eigenvalue weighted by atomic mass is 9.89. The zero-order valence-electron chi connectivity index (χ0n) is 15.3. The second kappa shape index (κ2) is 7.65. The van der Waals surface area contributed by atoms with Gasteiger partial charge in [0.05, 0.1) is 12.8 Å². The number of amides is 1. The summed E-state index contributed by atoms with van der Waals surface area (Å²) in [5.41, 5.74) is 1.01. The van der Waals surface area contributed by atoms with E-state index in [1.165, 1.54) is 12.8 Å². The Labute approximate surface area is 160 Å². The van der Waals surface area contributed by atoms with Crippen LogP contribution in [0.15, 0.2) is 18.2 Å². The van der Waals surface area contributed by atoms with Gasteiger partial charge in [0.25, 0.3) is 0 Å². The molecule has 0 radical (unpaired) electrons. The second-order valence-corrected chi connectivity index (χ2v) is 8.43. The Balaban J connectivity index is 1.30. The molecule has 5 nitrogen and oxygen atoms in total. The quantitative estimate of drug-likeness (QED) is 0.828. The molecule has 2 N–H and O–H groups in total. The molecule has 1 aromatic rings. The number of nitrogens with zero attached hydrogens (tertiary/aromatic N) is 1. The fourth-order valence-corrected chi connectivity index (χ4v) is 5.06. The van der Waals surface area contributed by atoms with Crippen LogP contribution in [0, 0.1) is 5.92 Å². The predicted octanol–water partition coefficient (Wildman–Crippen LogP) is 2.96. The Morgan fingerprint density at radius 2 is 2.08 bits per heavy atom. The fourth-order valence-electron chi connectivity index (χ4n) is 4.90. The molecule has 3 atom stereocenters. The second-order valence-electron chi connectivity index (χ2n) is 7.99. The van der Waals surface area contributed by atoms with Crippen molar-refractivity contribution in [3.8, 4) is 5.75 Å². The molecule has 3 saturated heterocycles. The molecule has 142 valence electrons. The first kappa shape index (κ1) is 17.9. The van der Waals surface area contributed by atoms with Crippen molar-refractivity contribution in [2.45, 2.75) is 56.7 Å². The van der Waals surface area contributed by atoms with Crippen molar-refractivity contribution in [2.24, 2.45) is 5.92 Å². The van der Waals surface area contributed by atoms with Gasteiger partial charge in [-0.1, -0.05) is 11.6 Å². The maximum absolute atomic E-state index is 12.5. The summed E-state index contributed by atoms with van der Waals surface area (Å²) >= 11 is 6.15. The minimum Gasteiger partial charge on any atom is -0.495 e. The van der Waals surface area contributed by atoms with E-state index in [1.807, 2.05) is 18.2 Å². The van der Waals surface area contributed by atoms with E-state index in [2.05, 4.69) is 15.5 Å².